The van der Waals surface area contributed by atoms with Crippen LogP contribution in [0.3, 0.4) is 0 Å². The van der Waals surface area contributed by atoms with Crippen molar-refractivity contribution in [3.05, 3.63) is 36.7 Å². The number of ether oxygens (including phenoxy) is 1. The predicted molar refractivity (Wildman–Crippen MR) is 94.6 cm³/mol. The van der Waals surface area contributed by atoms with E-state index in [0.717, 1.165) is 42.7 Å². The molecule has 0 radical (unpaired) electrons. The van der Waals surface area contributed by atoms with E-state index in [2.05, 4.69) is 39.3 Å². The van der Waals surface area contributed by atoms with Gasteiger partial charge in [0.1, 0.15) is 30.3 Å². The standard InChI is InChI=1S/C17H25N5O/c1-4-22(5-2)10-11-23-15-8-6-14(7-9-15)21-17-12-16(18-3)19-13-20-17/h6-9,12-13H,4-5,10-11H2,1-3H3,(H2,18,19,20,21). The molecule has 1 aromatic heterocycles. The smallest absolute Gasteiger partial charge is 0.135 e. The highest BCUT2D eigenvalue weighted by atomic mass is 16.5. The van der Waals surface area contributed by atoms with Crippen molar-refractivity contribution in [2.75, 3.05) is 43.9 Å². The number of hydrogen-bond acceptors (Lipinski definition) is 6. The zero-order valence-corrected chi connectivity index (χ0v) is 14.0. The zero-order chi connectivity index (χ0) is 16.5. The Bertz CT molecular complexity index is 584. The third-order valence-corrected chi connectivity index (χ3v) is 3.62. The second-order valence-corrected chi connectivity index (χ2v) is 5.06. The third-order valence-electron chi connectivity index (χ3n) is 3.62. The molecule has 0 amide bonds. The third kappa shape index (κ3) is 5.41. The molecule has 1 heterocycles. The van der Waals surface area contributed by atoms with Crippen LogP contribution in [0.1, 0.15) is 13.8 Å². The molecule has 23 heavy (non-hydrogen) atoms. The monoisotopic (exact) mass is 315 g/mol. The molecule has 1 aromatic carbocycles. The Morgan fingerprint density at radius 3 is 2.39 bits per heavy atom. The van der Waals surface area contributed by atoms with Crippen molar-refractivity contribution in [3.63, 3.8) is 0 Å². The summed E-state index contributed by atoms with van der Waals surface area (Å²) in [5.41, 5.74) is 0.960. The molecule has 0 aliphatic carbocycles. The first-order valence-corrected chi connectivity index (χ1v) is 7.97. The van der Waals surface area contributed by atoms with Crippen LogP contribution in [0.2, 0.25) is 0 Å². The Hall–Kier alpha value is -2.34. The minimum atomic E-state index is 0.700. The Labute approximate surface area is 137 Å². The second-order valence-electron chi connectivity index (χ2n) is 5.06. The summed E-state index contributed by atoms with van der Waals surface area (Å²) in [5.74, 6) is 2.40. The van der Waals surface area contributed by atoms with Crippen LogP contribution in [0, 0.1) is 0 Å². The van der Waals surface area contributed by atoms with Crippen LogP contribution in [0.4, 0.5) is 17.3 Å². The van der Waals surface area contributed by atoms with E-state index in [-0.39, 0.29) is 0 Å². The van der Waals surface area contributed by atoms with Gasteiger partial charge in [0, 0.05) is 25.3 Å². The molecular formula is C17H25N5O. The summed E-state index contributed by atoms with van der Waals surface area (Å²) in [5, 5.41) is 6.23. The summed E-state index contributed by atoms with van der Waals surface area (Å²) in [6, 6.07) is 9.74. The number of anilines is 3. The summed E-state index contributed by atoms with van der Waals surface area (Å²) < 4.78 is 5.78. The van der Waals surface area contributed by atoms with Gasteiger partial charge in [-0.25, -0.2) is 9.97 Å². The number of likely N-dealkylation sites (N-methyl/N-ethyl adjacent to an activating group) is 1. The predicted octanol–water partition coefficient (Wildman–Crippen LogP) is 2.98. The molecule has 0 spiro atoms. The Morgan fingerprint density at radius 2 is 1.74 bits per heavy atom. The van der Waals surface area contributed by atoms with E-state index in [4.69, 9.17) is 4.74 Å². The van der Waals surface area contributed by atoms with Gasteiger partial charge in [0.25, 0.3) is 0 Å². The van der Waals surface area contributed by atoms with Gasteiger partial charge in [-0.3, -0.25) is 0 Å². The molecule has 6 heteroatoms. The minimum absolute atomic E-state index is 0.700. The van der Waals surface area contributed by atoms with Gasteiger partial charge in [-0.05, 0) is 37.4 Å². The fraction of sp³-hybridized carbons (Fsp3) is 0.412. The van der Waals surface area contributed by atoms with Crippen molar-refractivity contribution in [3.8, 4) is 5.75 Å². The fourth-order valence-corrected chi connectivity index (χ4v) is 2.18. The Morgan fingerprint density at radius 1 is 1.04 bits per heavy atom. The Kier molecular flexibility index (Phi) is 6.62. The first kappa shape index (κ1) is 17.0. The van der Waals surface area contributed by atoms with Crippen molar-refractivity contribution in [1.29, 1.82) is 0 Å². The molecule has 124 valence electrons. The van der Waals surface area contributed by atoms with E-state index >= 15 is 0 Å². The van der Waals surface area contributed by atoms with E-state index in [1.54, 1.807) is 0 Å². The van der Waals surface area contributed by atoms with E-state index in [0.29, 0.717) is 6.61 Å². The summed E-state index contributed by atoms with van der Waals surface area (Å²) >= 11 is 0. The normalized spacial score (nSPS) is 10.6. The van der Waals surface area contributed by atoms with Crippen LogP contribution in [0.5, 0.6) is 5.75 Å². The molecule has 2 N–H and O–H groups in total. The van der Waals surface area contributed by atoms with E-state index in [1.165, 1.54) is 6.33 Å². The summed E-state index contributed by atoms with van der Waals surface area (Å²) in [6.07, 6.45) is 1.53. The summed E-state index contributed by atoms with van der Waals surface area (Å²) in [4.78, 5) is 10.6. The lowest BCUT2D eigenvalue weighted by Gasteiger charge is -2.18. The molecule has 0 saturated carbocycles. The second kappa shape index (κ2) is 8.95. The van der Waals surface area contributed by atoms with Gasteiger partial charge in [-0.1, -0.05) is 13.8 Å². The number of hydrogen-bond donors (Lipinski definition) is 2. The lowest BCUT2D eigenvalue weighted by Crippen LogP contribution is -2.27. The average molecular weight is 315 g/mol. The highest BCUT2D eigenvalue weighted by Gasteiger charge is 2.01. The molecule has 0 aliphatic rings. The Balaban J connectivity index is 1.86. The van der Waals surface area contributed by atoms with Gasteiger partial charge in [0.15, 0.2) is 0 Å². The van der Waals surface area contributed by atoms with Crippen LogP contribution in [0.15, 0.2) is 36.7 Å². The quantitative estimate of drug-likeness (QED) is 0.742. The van der Waals surface area contributed by atoms with Gasteiger partial charge in [0.05, 0.1) is 0 Å². The van der Waals surface area contributed by atoms with Crippen LogP contribution < -0.4 is 15.4 Å². The molecule has 2 rings (SSSR count). The van der Waals surface area contributed by atoms with Crippen LogP contribution in [-0.2, 0) is 0 Å². The lowest BCUT2D eigenvalue weighted by atomic mass is 10.3. The molecule has 0 atom stereocenters. The number of nitrogens with zero attached hydrogens (tertiary/aromatic N) is 3. The first-order chi connectivity index (χ1) is 11.2. The highest BCUT2D eigenvalue weighted by molar-refractivity contribution is 5.59. The zero-order valence-electron chi connectivity index (χ0n) is 14.0. The van der Waals surface area contributed by atoms with Gasteiger partial charge in [-0.15, -0.1) is 0 Å². The molecule has 2 aromatic rings. The van der Waals surface area contributed by atoms with Crippen molar-refractivity contribution in [2.45, 2.75) is 13.8 Å². The van der Waals surface area contributed by atoms with Crippen LogP contribution >= 0.6 is 0 Å². The first-order valence-electron chi connectivity index (χ1n) is 7.97. The van der Waals surface area contributed by atoms with Gasteiger partial charge < -0.3 is 20.3 Å². The van der Waals surface area contributed by atoms with Crippen molar-refractivity contribution in [1.82, 2.24) is 14.9 Å². The van der Waals surface area contributed by atoms with Crippen molar-refractivity contribution in [2.24, 2.45) is 0 Å². The number of aromatic nitrogens is 2. The molecule has 0 aliphatic heterocycles. The maximum atomic E-state index is 5.78. The molecule has 0 bridgehead atoms. The van der Waals surface area contributed by atoms with Gasteiger partial charge in [0.2, 0.25) is 0 Å². The molecule has 0 saturated heterocycles. The average Bonchev–Trinajstić information content (AvgIpc) is 2.60. The number of nitrogens with one attached hydrogen (secondary N) is 2. The SMILES string of the molecule is CCN(CC)CCOc1ccc(Nc2cc(NC)ncn2)cc1. The number of benzene rings is 1. The summed E-state index contributed by atoms with van der Waals surface area (Å²) in [6.45, 7) is 8.08. The van der Waals surface area contributed by atoms with Crippen LogP contribution in [0.25, 0.3) is 0 Å². The van der Waals surface area contributed by atoms with Crippen molar-refractivity contribution < 1.29 is 4.74 Å². The highest BCUT2D eigenvalue weighted by Crippen LogP contribution is 2.19. The summed E-state index contributed by atoms with van der Waals surface area (Å²) in [7, 11) is 1.83. The molecule has 0 unspecified atom stereocenters. The largest absolute Gasteiger partial charge is 0.492 e. The van der Waals surface area contributed by atoms with E-state index < -0.39 is 0 Å². The van der Waals surface area contributed by atoms with Gasteiger partial charge in [-0.2, -0.15) is 0 Å². The fourth-order valence-electron chi connectivity index (χ4n) is 2.18. The number of rotatable bonds is 9. The van der Waals surface area contributed by atoms with Gasteiger partial charge >= 0.3 is 0 Å². The van der Waals surface area contributed by atoms with E-state index in [9.17, 15) is 0 Å². The van der Waals surface area contributed by atoms with Crippen molar-refractivity contribution >= 4 is 17.3 Å². The molecule has 6 nitrogen and oxygen atoms in total. The maximum Gasteiger partial charge on any atom is 0.135 e. The van der Waals surface area contributed by atoms with Crippen LogP contribution in [-0.4, -0.2) is 48.2 Å². The topological polar surface area (TPSA) is 62.3 Å². The van der Waals surface area contributed by atoms with E-state index in [1.807, 2.05) is 37.4 Å². The minimum Gasteiger partial charge on any atom is -0.492 e. The molecule has 0 fully saturated rings. The molecular weight excluding hydrogens is 290 g/mol. The lowest BCUT2D eigenvalue weighted by molar-refractivity contribution is 0.223. The maximum absolute atomic E-state index is 5.78.